The van der Waals surface area contributed by atoms with E-state index in [1.807, 2.05) is 0 Å². The highest BCUT2D eigenvalue weighted by Crippen LogP contribution is 2.25. The van der Waals surface area contributed by atoms with Crippen molar-refractivity contribution in [2.45, 2.75) is 6.61 Å². The second-order valence-corrected chi connectivity index (χ2v) is 3.56. The number of alkyl halides is 2. The summed E-state index contributed by atoms with van der Waals surface area (Å²) < 4.78 is 28.8. The lowest BCUT2D eigenvalue weighted by Crippen LogP contribution is -2.13. The molecule has 6 heteroatoms. The van der Waals surface area contributed by atoms with Gasteiger partial charge in [0.2, 0.25) is 0 Å². The fourth-order valence-corrected chi connectivity index (χ4v) is 1.47. The molecule has 1 aromatic carbocycles. The fraction of sp³-hybridized carbons (Fsp3) is 0.0769. The molecule has 0 unspecified atom stereocenters. The first-order valence-electron chi connectivity index (χ1n) is 5.42. The van der Waals surface area contributed by atoms with E-state index in [-0.39, 0.29) is 11.4 Å². The topological polar surface area (TPSA) is 51.2 Å². The number of para-hydroxylation sites is 2. The van der Waals surface area contributed by atoms with Crippen LogP contribution in [-0.4, -0.2) is 17.5 Å². The van der Waals surface area contributed by atoms with E-state index in [1.54, 1.807) is 12.1 Å². The Labute approximate surface area is 108 Å². The van der Waals surface area contributed by atoms with Crippen molar-refractivity contribution in [1.29, 1.82) is 0 Å². The SMILES string of the molecule is O=C(Nc1ccccc1OC(F)F)c1ccncc1. The third-order valence-corrected chi connectivity index (χ3v) is 2.29. The maximum Gasteiger partial charge on any atom is 0.387 e. The van der Waals surface area contributed by atoms with E-state index < -0.39 is 12.5 Å². The predicted molar refractivity (Wildman–Crippen MR) is 65.3 cm³/mol. The first-order valence-corrected chi connectivity index (χ1v) is 5.42. The van der Waals surface area contributed by atoms with E-state index >= 15 is 0 Å². The van der Waals surface area contributed by atoms with Crippen molar-refractivity contribution in [3.8, 4) is 5.75 Å². The van der Waals surface area contributed by atoms with Crippen molar-refractivity contribution in [3.63, 3.8) is 0 Å². The molecule has 0 aliphatic rings. The molecule has 0 saturated heterocycles. The monoisotopic (exact) mass is 264 g/mol. The Morgan fingerprint density at radius 2 is 1.84 bits per heavy atom. The number of benzene rings is 1. The molecule has 98 valence electrons. The molecule has 2 rings (SSSR count). The minimum absolute atomic E-state index is 0.0834. The minimum Gasteiger partial charge on any atom is -0.433 e. The van der Waals surface area contributed by atoms with Crippen molar-refractivity contribution < 1.29 is 18.3 Å². The number of ether oxygens (including phenoxy) is 1. The lowest BCUT2D eigenvalue weighted by Gasteiger charge is -2.11. The Hall–Kier alpha value is -2.50. The number of anilines is 1. The molecule has 1 heterocycles. The van der Waals surface area contributed by atoms with Gasteiger partial charge in [-0.3, -0.25) is 9.78 Å². The second-order valence-electron chi connectivity index (χ2n) is 3.56. The Morgan fingerprint density at radius 1 is 1.16 bits per heavy atom. The van der Waals surface area contributed by atoms with Crippen LogP contribution in [-0.2, 0) is 0 Å². The molecule has 1 N–H and O–H groups in total. The van der Waals surface area contributed by atoms with Gasteiger partial charge in [-0.2, -0.15) is 8.78 Å². The van der Waals surface area contributed by atoms with E-state index in [2.05, 4.69) is 15.0 Å². The fourth-order valence-electron chi connectivity index (χ4n) is 1.47. The maximum absolute atomic E-state index is 12.2. The summed E-state index contributed by atoms with van der Waals surface area (Å²) in [7, 11) is 0. The van der Waals surface area contributed by atoms with Crippen molar-refractivity contribution in [2.75, 3.05) is 5.32 Å². The first kappa shape index (κ1) is 12.9. The average molecular weight is 264 g/mol. The molecule has 1 amide bonds. The Bertz CT molecular complexity index is 562. The number of carbonyl (C=O) groups excluding carboxylic acids is 1. The molecule has 0 spiro atoms. The van der Waals surface area contributed by atoms with Crippen LogP contribution in [0, 0.1) is 0 Å². The number of hydrogen-bond acceptors (Lipinski definition) is 3. The molecule has 0 saturated carbocycles. The van der Waals surface area contributed by atoms with E-state index in [1.165, 1.54) is 36.7 Å². The molecule has 0 aliphatic carbocycles. The standard InChI is InChI=1S/C13H10F2N2O2/c14-13(15)19-11-4-2-1-3-10(11)17-12(18)9-5-7-16-8-6-9/h1-8,13H,(H,17,18). The number of nitrogens with zero attached hydrogens (tertiary/aromatic N) is 1. The van der Waals surface area contributed by atoms with Crippen LogP contribution in [0.5, 0.6) is 5.75 Å². The normalized spacial score (nSPS) is 10.3. The van der Waals surface area contributed by atoms with Gasteiger partial charge in [0.25, 0.3) is 5.91 Å². The summed E-state index contributed by atoms with van der Waals surface area (Å²) >= 11 is 0. The highest BCUT2D eigenvalue weighted by atomic mass is 19.3. The zero-order valence-corrected chi connectivity index (χ0v) is 9.72. The second kappa shape index (κ2) is 5.90. The molecule has 0 aliphatic heterocycles. The summed E-state index contributed by atoms with van der Waals surface area (Å²) in [4.78, 5) is 15.7. The van der Waals surface area contributed by atoms with Crippen molar-refractivity contribution in [1.82, 2.24) is 4.98 Å². The Kier molecular flexibility index (Phi) is 4.02. The summed E-state index contributed by atoms with van der Waals surface area (Å²) in [5, 5.41) is 2.51. The summed E-state index contributed by atoms with van der Waals surface area (Å²) in [6.45, 7) is -2.95. The van der Waals surface area contributed by atoms with Gasteiger partial charge in [-0.25, -0.2) is 0 Å². The third-order valence-electron chi connectivity index (χ3n) is 2.29. The van der Waals surface area contributed by atoms with Crippen molar-refractivity contribution in [3.05, 3.63) is 54.4 Å². The largest absolute Gasteiger partial charge is 0.433 e. The summed E-state index contributed by atoms with van der Waals surface area (Å²) in [6, 6.07) is 9.03. The van der Waals surface area contributed by atoms with Gasteiger partial charge >= 0.3 is 6.61 Å². The van der Waals surface area contributed by atoms with Gasteiger partial charge in [0.05, 0.1) is 5.69 Å². The van der Waals surface area contributed by atoms with Crippen molar-refractivity contribution >= 4 is 11.6 Å². The van der Waals surface area contributed by atoms with E-state index in [0.29, 0.717) is 5.56 Å². The van der Waals surface area contributed by atoms with Gasteiger partial charge in [-0.05, 0) is 24.3 Å². The molecular weight excluding hydrogens is 254 g/mol. The number of amides is 1. The molecule has 0 bridgehead atoms. The van der Waals surface area contributed by atoms with Crippen LogP contribution in [0.1, 0.15) is 10.4 Å². The quantitative estimate of drug-likeness (QED) is 0.923. The van der Waals surface area contributed by atoms with Crippen LogP contribution in [0.25, 0.3) is 0 Å². The first-order chi connectivity index (χ1) is 9.16. The zero-order valence-electron chi connectivity index (χ0n) is 9.72. The predicted octanol–water partition coefficient (Wildman–Crippen LogP) is 2.94. The van der Waals surface area contributed by atoms with Crippen LogP contribution >= 0.6 is 0 Å². The molecule has 0 atom stereocenters. The van der Waals surface area contributed by atoms with Crippen molar-refractivity contribution in [2.24, 2.45) is 0 Å². The Balaban J connectivity index is 2.17. The van der Waals surface area contributed by atoms with Crippen LogP contribution in [0.15, 0.2) is 48.8 Å². The maximum atomic E-state index is 12.2. The lowest BCUT2D eigenvalue weighted by molar-refractivity contribution is -0.0493. The molecule has 4 nitrogen and oxygen atoms in total. The van der Waals surface area contributed by atoms with Crippen LogP contribution < -0.4 is 10.1 Å². The highest BCUT2D eigenvalue weighted by Gasteiger charge is 2.12. The lowest BCUT2D eigenvalue weighted by atomic mass is 10.2. The number of halogens is 2. The van der Waals surface area contributed by atoms with Gasteiger partial charge in [0, 0.05) is 18.0 Å². The summed E-state index contributed by atoms with van der Waals surface area (Å²) in [5.74, 6) is -0.507. The average Bonchev–Trinajstić information content (AvgIpc) is 2.41. The van der Waals surface area contributed by atoms with E-state index in [0.717, 1.165) is 0 Å². The zero-order chi connectivity index (χ0) is 13.7. The van der Waals surface area contributed by atoms with Gasteiger partial charge < -0.3 is 10.1 Å². The minimum atomic E-state index is -2.95. The number of pyridine rings is 1. The molecule has 1 aromatic heterocycles. The van der Waals surface area contributed by atoms with E-state index in [4.69, 9.17) is 0 Å². The van der Waals surface area contributed by atoms with Gasteiger partial charge in [-0.1, -0.05) is 12.1 Å². The molecule has 0 fully saturated rings. The highest BCUT2D eigenvalue weighted by molar-refractivity contribution is 6.04. The van der Waals surface area contributed by atoms with Crippen LogP contribution in [0.4, 0.5) is 14.5 Å². The molecular formula is C13H10F2N2O2. The Morgan fingerprint density at radius 3 is 2.53 bits per heavy atom. The summed E-state index contributed by atoms with van der Waals surface area (Å²) in [6.07, 6.45) is 2.94. The number of nitrogens with one attached hydrogen (secondary N) is 1. The number of rotatable bonds is 4. The van der Waals surface area contributed by atoms with Crippen LogP contribution in [0.3, 0.4) is 0 Å². The third kappa shape index (κ3) is 3.48. The molecule has 2 aromatic rings. The number of carbonyl (C=O) groups is 1. The summed E-state index contributed by atoms with van der Waals surface area (Å²) in [5.41, 5.74) is 0.562. The van der Waals surface area contributed by atoms with Gasteiger partial charge in [0.1, 0.15) is 5.75 Å². The number of hydrogen-bond donors (Lipinski definition) is 1. The van der Waals surface area contributed by atoms with Gasteiger partial charge in [-0.15, -0.1) is 0 Å². The number of aromatic nitrogens is 1. The molecule has 19 heavy (non-hydrogen) atoms. The van der Waals surface area contributed by atoms with Gasteiger partial charge in [0.15, 0.2) is 0 Å². The smallest absolute Gasteiger partial charge is 0.387 e. The van der Waals surface area contributed by atoms with E-state index in [9.17, 15) is 13.6 Å². The molecule has 0 radical (unpaired) electrons. The van der Waals surface area contributed by atoms with Crippen LogP contribution in [0.2, 0.25) is 0 Å².